The first-order valence-corrected chi connectivity index (χ1v) is 8.13. The van der Waals surface area contributed by atoms with Gasteiger partial charge in [0.05, 0.1) is 5.39 Å². The van der Waals surface area contributed by atoms with Crippen LogP contribution in [0.3, 0.4) is 0 Å². The van der Waals surface area contributed by atoms with E-state index in [4.69, 9.17) is 9.15 Å². The lowest BCUT2D eigenvalue weighted by atomic mass is 10.1. The van der Waals surface area contributed by atoms with Gasteiger partial charge in [0.25, 0.3) is 0 Å². The summed E-state index contributed by atoms with van der Waals surface area (Å²) in [6, 6.07) is 10.9. The van der Waals surface area contributed by atoms with Crippen LogP contribution in [0.25, 0.3) is 11.0 Å². The molecule has 0 N–H and O–H groups in total. The van der Waals surface area contributed by atoms with Crippen LogP contribution in [0.4, 0.5) is 8.78 Å². The van der Waals surface area contributed by atoms with Crippen molar-refractivity contribution in [2.45, 2.75) is 13.5 Å². The van der Waals surface area contributed by atoms with Gasteiger partial charge in [0.15, 0.2) is 17.8 Å². The van der Waals surface area contributed by atoms with Crippen molar-refractivity contribution in [3.8, 4) is 5.75 Å². The Balaban J connectivity index is 1.68. The van der Waals surface area contributed by atoms with Crippen molar-refractivity contribution in [1.29, 1.82) is 0 Å². The molecule has 0 spiro atoms. The quantitative estimate of drug-likeness (QED) is 0.473. The first-order valence-electron chi connectivity index (χ1n) is 8.13. The van der Waals surface area contributed by atoms with Crippen LogP contribution in [-0.4, -0.2) is 25.0 Å². The number of carbonyl (C=O) groups is 2. The predicted octanol–water partition coefficient (Wildman–Crippen LogP) is 3.74. The summed E-state index contributed by atoms with van der Waals surface area (Å²) in [5, 5.41) is 0.332. The summed E-state index contributed by atoms with van der Waals surface area (Å²) in [4.78, 5) is 36.3. The number of carbonyl (C=O) groups excluding carboxylic acids is 2. The minimum Gasteiger partial charge on any atom is -0.451 e. The Labute approximate surface area is 157 Å². The van der Waals surface area contributed by atoms with Gasteiger partial charge in [0, 0.05) is 11.6 Å². The molecule has 0 aliphatic carbocycles. The number of ketones is 1. The molecule has 0 aliphatic heterocycles. The number of fused-ring (bicyclic) bond motifs is 1. The molecule has 0 bridgehead atoms. The topological polar surface area (TPSA) is 82.8 Å². The summed E-state index contributed by atoms with van der Waals surface area (Å²) in [7, 11) is 0. The van der Waals surface area contributed by atoms with Crippen LogP contribution in [0.15, 0.2) is 57.7 Å². The minimum atomic E-state index is -2.97. The molecule has 3 aromatic rings. The van der Waals surface area contributed by atoms with Gasteiger partial charge >= 0.3 is 12.6 Å². The zero-order chi connectivity index (χ0) is 20.3. The highest BCUT2D eigenvalue weighted by Crippen LogP contribution is 2.17. The van der Waals surface area contributed by atoms with Crippen molar-refractivity contribution >= 4 is 22.7 Å². The molecule has 0 saturated carbocycles. The zero-order valence-electron chi connectivity index (χ0n) is 14.6. The number of aryl methyl sites for hydroxylation is 1. The first kappa shape index (κ1) is 19.2. The van der Waals surface area contributed by atoms with E-state index in [0.29, 0.717) is 5.39 Å². The molecule has 2 aromatic carbocycles. The van der Waals surface area contributed by atoms with Crippen molar-refractivity contribution in [1.82, 2.24) is 0 Å². The summed E-state index contributed by atoms with van der Waals surface area (Å²) in [5.41, 5.74) is 0.833. The number of rotatable bonds is 6. The molecule has 8 heteroatoms. The molecule has 28 heavy (non-hydrogen) atoms. The van der Waals surface area contributed by atoms with E-state index in [1.54, 1.807) is 18.2 Å². The molecule has 3 rings (SSSR count). The summed E-state index contributed by atoms with van der Waals surface area (Å²) in [6.07, 6.45) is 0. The highest BCUT2D eigenvalue weighted by atomic mass is 19.3. The van der Waals surface area contributed by atoms with Crippen LogP contribution < -0.4 is 10.2 Å². The SMILES string of the molecule is Cc1ccc2oc(C(=O)OCC(=O)c3ccc(OC(F)F)cc3)cc(=O)c2c1. The van der Waals surface area contributed by atoms with Gasteiger partial charge in [0.2, 0.25) is 5.76 Å². The third-order valence-electron chi connectivity index (χ3n) is 3.82. The fourth-order valence-corrected chi connectivity index (χ4v) is 2.48. The van der Waals surface area contributed by atoms with Gasteiger partial charge in [-0.15, -0.1) is 0 Å². The maximum Gasteiger partial charge on any atom is 0.387 e. The monoisotopic (exact) mass is 388 g/mol. The number of Topliss-reactive ketones (excluding diaryl/α,β-unsaturated/α-hetero) is 1. The van der Waals surface area contributed by atoms with Crippen LogP contribution >= 0.6 is 0 Å². The molecule has 0 fully saturated rings. The zero-order valence-corrected chi connectivity index (χ0v) is 14.6. The molecule has 1 aromatic heterocycles. The van der Waals surface area contributed by atoms with E-state index in [1.165, 1.54) is 24.3 Å². The fraction of sp³-hybridized carbons (Fsp3) is 0.150. The second-order valence-corrected chi connectivity index (χ2v) is 5.88. The number of hydrogen-bond acceptors (Lipinski definition) is 6. The van der Waals surface area contributed by atoms with E-state index in [2.05, 4.69) is 4.74 Å². The number of benzene rings is 2. The Hall–Kier alpha value is -3.55. The third-order valence-corrected chi connectivity index (χ3v) is 3.82. The van der Waals surface area contributed by atoms with Crippen molar-refractivity contribution < 1.29 is 32.3 Å². The van der Waals surface area contributed by atoms with Gasteiger partial charge < -0.3 is 13.9 Å². The van der Waals surface area contributed by atoms with E-state index in [0.717, 1.165) is 11.6 Å². The largest absolute Gasteiger partial charge is 0.451 e. The fourth-order valence-electron chi connectivity index (χ4n) is 2.48. The van der Waals surface area contributed by atoms with Crippen LogP contribution in [0, 0.1) is 6.92 Å². The normalized spacial score (nSPS) is 10.9. The second-order valence-electron chi connectivity index (χ2n) is 5.88. The minimum absolute atomic E-state index is 0.100. The first-order chi connectivity index (χ1) is 13.3. The van der Waals surface area contributed by atoms with Crippen LogP contribution in [-0.2, 0) is 4.74 Å². The number of hydrogen-bond donors (Lipinski definition) is 0. The van der Waals surface area contributed by atoms with E-state index < -0.39 is 30.4 Å². The Morgan fingerprint density at radius 3 is 2.46 bits per heavy atom. The molecule has 1 heterocycles. The molecule has 6 nitrogen and oxygen atoms in total. The van der Waals surface area contributed by atoms with E-state index in [1.807, 2.05) is 6.92 Å². The lowest BCUT2D eigenvalue weighted by Crippen LogP contribution is -2.16. The van der Waals surface area contributed by atoms with Gasteiger partial charge in [0.1, 0.15) is 11.3 Å². The Morgan fingerprint density at radius 2 is 1.79 bits per heavy atom. The Morgan fingerprint density at radius 1 is 1.07 bits per heavy atom. The molecule has 0 saturated heterocycles. The maximum absolute atomic E-state index is 12.1. The molecule has 0 radical (unpaired) electrons. The van der Waals surface area contributed by atoms with Gasteiger partial charge in [-0.05, 0) is 43.3 Å². The number of esters is 1. The second kappa shape index (κ2) is 7.99. The summed E-state index contributed by atoms with van der Waals surface area (Å²) < 4.78 is 38.7. The summed E-state index contributed by atoms with van der Waals surface area (Å²) in [5.74, 6) is -1.95. The Bertz CT molecular complexity index is 1090. The summed E-state index contributed by atoms with van der Waals surface area (Å²) >= 11 is 0. The van der Waals surface area contributed by atoms with E-state index in [9.17, 15) is 23.2 Å². The maximum atomic E-state index is 12.1. The smallest absolute Gasteiger partial charge is 0.387 e. The van der Waals surface area contributed by atoms with Gasteiger partial charge in [-0.1, -0.05) is 11.6 Å². The number of halogens is 2. The lowest BCUT2D eigenvalue weighted by molar-refractivity contribution is -0.0498. The van der Waals surface area contributed by atoms with Crippen LogP contribution in [0.1, 0.15) is 26.5 Å². The average molecular weight is 388 g/mol. The van der Waals surface area contributed by atoms with Crippen molar-refractivity contribution in [2.75, 3.05) is 6.61 Å². The molecule has 0 unspecified atom stereocenters. The van der Waals surface area contributed by atoms with Gasteiger partial charge in [-0.25, -0.2) is 4.79 Å². The van der Waals surface area contributed by atoms with Gasteiger partial charge in [-0.3, -0.25) is 9.59 Å². The van der Waals surface area contributed by atoms with E-state index in [-0.39, 0.29) is 22.7 Å². The highest BCUT2D eigenvalue weighted by Gasteiger charge is 2.16. The Kier molecular flexibility index (Phi) is 5.49. The molecule has 0 amide bonds. The van der Waals surface area contributed by atoms with Crippen molar-refractivity contribution in [2.24, 2.45) is 0 Å². The summed E-state index contributed by atoms with van der Waals surface area (Å²) in [6.45, 7) is -1.76. The molecule has 0 atom stereocenters. The van der Waals surface area contributed by atoms with Crippen LogP contribution in [0.5, 0.6) is 5.75 Å². The van der Waals surface area contributed by atoms with Gasteiger partial charge in [-0.2, -0.15) is 8.78 Å². The molecule has 0 aliphatic rings. The van der Waals surface area contributed by atoms with Crippen molar-refractivity contribution in [3.63, 3.8) is 0 Å². The number of ether oxygens (including phenoxy) is 2. The molecular formula is C20H14F2O6. The highest BCUT2D eigenvalue weighted by molar-refractivity contribution is 5.99. The van der Waals surface area contributed by atoms with Crippen molar-refractivity contribution in [3.05, 3.63) is 75.6 Å². The third kappa shape index (κ3) is 4.40. The van der Waals surface area contributed by atoms with E-state index >= 15 is 0 Å². The lowest BCUT2D eigenvalue weighted by Gasteiger charge is -2.07. The average Bonchev–Trinajstić information content (AvgIpc) is 2.66. The standard InChI is InChI=1S/C20H14F2O6/c1-11-2-7-17-14(8-11)15(23)9-18(28-17)19(25)26-10-16(24)12-3-5-13(6-4-12)27-20(21)22/h2-9,20H,10H2,1H3. The molecular weight excluding hydrogens is 374 g/mol. The molecule has 144 valence electrons. The van der Waals surface area contributed by atoms with Crippen LogP contribution in [0.2, 0.25) is 0 Å². The number of alkyl halides is 2. The predicted molar refractivity (Wildman–Crippen MR) is 94.9 cm³/mol.